The third-order valence-corrected chi connectivity index (χ3v) is 4.84. The van der Waals surface area contributed by atoms with E-state index < -0.39 is 24.3 Å². The van der Waals surface area contributed by atoms with Gasteiger partial charge in [-0.25, -0.2) is 9.59 Å². The number of phenols is 1. The lowest BCUT2D eigenvalue weighted by molar-refractivity contribution is -0.131. The number of rotatable bonds is 9. The van der Waals surface area contributed by atoms with E-state index in [1.807, 2.05) is 19.1 Å². The predicted octanol–water partition coefficient (Wildman–Crippen LogP) is 5.19. The molecule has 0 aliphatic heterocycles. The molecule has 0 aromatic heterocycles. The molecule has 2 atom stereocenters. The third-order valence-electron chi connectivity index (χ3n) is 4.35. The topological polar surface area (TPSA) is 105 Å². The van der Waals surface area contributed by atoms with Crippen molar-refractivity contribution >= 4 is 33.7 Å². The molecule has 2 aromatic carbocycles. The van der Waals surface area contributed by atoms with Crippen LogP contribution in [0.4, 0.5) is 10.5 Å². The van der Waals surface area contributed by atoms with E-state index in [4.69, 9.17) is 14.6 Å². The van der Waals surface area contributed by atoms with Gasteiger partial charge in [-0.3, -0.25) is 5.32 Å². The van der Waals surface area contributed by atoms with E-state index in [1.165, 1.54) is 19.3 Å². The number of carboxylic acid groups (broad SMARTS) is 1. The van der Waals surface area contributed by atoms with Crippen LogP contribution in [0.25, 0.3) is 0 Å². The number of methoxy groups -OCH3 is 1. The SMILES string of the molecule is CO[C@@H](CC/C=C/C(=O)O)[C@@H](OC(=O)Nc1ccc(C)cc1)c1cc(Br)ccc1O. The maximum absolute atomic E-state index is 12.5. The number of amides is 1. The first-order chi connectivity index (χ1) is 14.3. The number of halogens is 1. The maximum Gasteiger partial charge on any atom is 0.412 e. The Balaban J connectivity index is 2.23. The van der Waals surface area contributed by atoms with Crippen LogP contribution in [0.2, 0.25) is 0 Å². The summed E-state index contributed by atoms with van der Waals surface area (Å²) in [5.41, 5.74) is 2.00. The van der Waals surface area contributed by atoms with Gasteiger partial charge >= 0.3 is 12.1 Å². The Labute approximate surface area is 183 Å². The number of nitrogens with one attached hydrogen (secondary N) is 1. The molecule has 0 spiro atoms. The second kappa shape index (κ2) is 11.4. The number of anilines is 1. The van der Waals surface area contributed by atoms with Gasteiger partial charge in [0.1, 0.15) is 5.75 Å². The second-order valence-electron chi connectivity index (χ2n) is 6.61. The van der Waals surface area contributed by atoms with Crippen molar-refractivity contribution in [2.45, 2.75) is 32.0 Å². The fourth-order valence-electron chi connectivity index (χ4n) is 2.83. The van der Waals surface area contributed by atoms with Crippen LogP contribution in [0, 0.1) is 6.92 Å². The van der Waals surface area contributed by atoms with Crippen molar-refractivity contribution in [2.24, 2.45) is 0 Å². The van der Waals surface area contributed by atoms with Crippen molar-refractivity contribution < 1.29 is 29.3 Å². The number of hydrogen-bond acceptors (Lipinski definition) is 5. The van der Waals surface area contributed by atoms with Crippen LogP contribution in [0.3, 0.4) is 0 Å². The summed E-state index contributed by atoms with van der Waals surface area (Å²) in [4.78, 5) is 23.2. The summed E-state index contributed by atoms with van der Waals surface area (Å²) in [5, 5.41) is 21.7. The van der Waals surface area contributed by atoms with Crippen molar-refractivity contribution in [2.75, 3.05) is 12.4 Å². The minimum absolute atomic E-state index is 0.0468. The lowest BCUT2D eigenvalue weighted by atomic mass is 9.99. The molecule has 1 amide bonds. The van der Waals surface area contributed by atoms with Crippen LogP contribution in [0.1, 0.15) is 30.1 Å². The van der Waals surface area contributed by atoms with Gasteiger partial charge in [0, 0.05) is 28.9 Å². The Morgan fingerprint density at radius 3 is 2.53 bits per heavy atom. The Hall–Kier alpha value is -2.84. The number of aliphatic carboxylic acids is 1. The minimum Gasteiger partial charge on any atom is -0.508 e. The number of aromatic hydroxyl groups is 1. The van der Waals surface area contributed by atoms with E-state index in [2.05, 4.69) is 21.2 Å². The zero-order valence-corrected chi connectivity index (χ0v) is 18.3. The summed E-state index contributed by atoms with van der Waals surface area (Å²) >= 11 is 3.36. The number of carboxylic acids is 1. The summed E-state index contributed by atoms with van der Waals surface area (Å²) in [6.45, 7) is 1.94. The predicted molar refractivity (Wildman–Crippen MR) is 117 cm³/mol. The minimum atomic E-state index is -1.04. The molecule has 160 valence electrons. The normalized spacial score (nSPS) is 13.0. The fourth-order valence-corrected chi connectivity index (χ4v) is 3.21. The molecular weight excluding hydrogens is 454 g/mol. The van der Waals surface area contributed by atoms with Crippen molar-refractivity contribution in [3.63, 3.8) is 0 Å². The molecule has 2 rings (SSSR count). The van der Waals surface area contributed by atoms with Crippen molar-refractivity contribution in [1.29, 1.82) is 0 Å². The molecule has 30 heavy (non-hydrogen) atoms. The molecule has 0 fully saturated rings. The Bertz CT molecular complexity index is 897. The van der Waals surface area contributed by atoms with Crippen LogP contribution < -0.4 is 5.32 Å². The number of allylic oxidation sites excluding steroid dienone is 1. The number of benzene rings is 2. The van der Waals surface area contributed by atoms with Gasteiger partial charge < -0.3 is 19.7 Å². The molecule has 0 aliphatic rings. The van der Waals surface area contributed by atoms with Crippen molar-refractivity contribution in [3.05, 3.63) is 70.2 Å². The molecule has 0 unspecified atom stereocenters. The maximum atomic E-state index is 12.5. The number of hydrogen-bond donors (Lipinski definition) is 3. The highest BCUT2D eigenvalue weighted by Gasteiger charge is 2.29. The summed E-state index contributed by atoms with van der Waals surface area (Å²) in [6.07, 6.45) is 1.06. The van der Waals surface area contributed by atoms with Gasteiger partial charge in [-0.1, -0.05) is 39.7 Å². The van der Waals surface area contributed by atoms with Crippen LogP contribution in [-0.2, 0) is 14.3 Å². The lowest BCUT2D eigenvalue weighted by Crippen LogP contribution is -2.28. The van der Waals surface area contributed by atoms with Crippen LogP contribution in [-0.4, -0.2) is 35.5 Å². The van der Waals surface area contributed by atoms with E-state index >= 15 is 0 Å². The number of carbonyl (C=O) groups is 2. The lowest BCUT2D eigenvalue weighted by Gasteiger charge is -2.27. The highest BCUT2D eigenvalue weighted by molar-refractivity contribution is 9.10. The zero-order valence-electron chi connectivity index (χ0n) is 16.7. The molecule has 0 heterocycles. The van der Waals surface area contributed by atoms with Crippen LogP contribution in [0.15, 0.2) is 59.1 Å². The molecule has 0 bridgehead atoms. The summed E-state index contributed by atoms with van der Waals surface area (Å²) in [6, 6.07) is 12.0. The van der Waals surface area contributed by atoms with Crippen molar-refractivity contribution in [3.8, 4) is 5.75 Å². The molecular formula is C22H24BrNO6. The number of aryl methyl sites for hydroxylation is 1. The van der Waals surface area contributed by atoms with Gasteiger partial charge in [-0.15, -0.1) is 0 Å². The standard InChI is InChI=1S/C22H24BrNO6/c1-14-7-10-16(11-8-14)24-22(28)30-21(17-13-15(23)9-12-18(17)25)19(29-2)5-3-4-6-20(26)27/h4,6-13,19,21,25H,3,5H2,1-2H3,(H,24,28)(H,26,27)/b6-4+/t19-,21-/m0/s1. The van der Waals surface area contributed by atoms with E-state index in [-0.39, 0.29) is 5.75 Å². The fraction of sp³-hybridized carbons (Fsp3) is 0.273. The Kier molecular flexibility index (Phi) is 8.89. The molecule has 0 radical (unpaired) electrons. The van der Waals surface area contributed by atoms with E-state index in [0.29, 0.717) is 28.6 Å². The molecule has 7 nitrogen and oxygen atoms in total. The number of carbonyl (C=O) groups excluding carboxylic acids is 1. The summed E-state index contributed by atoms with van der Waals surface area (Å²) in [5.74, 6) is -1.09. The van der Waals surface area contributed by atoms with E-state index in [1.54, 1.807) is 24.3 Å². The molecule has 0 saturated heterocycles. The van der Waals surface area contributed by atoms with E-state index in [0.717, 1.165) is 11.6 Å². The van der Waals surface area contributed by atoms with E-state index in [9.17, 15) is 14.7 Å². The molecule has 3 N–H and O–H groups in total. The third kappa shape index (κ3) is 7.20. The molecule has 0 aliphatic carbocycles. The van der Waals surface area contributed by atoms with Gasteiger partial charge in [0.15, 0.2) is 6.10 Å². The number of phenolic OH excluding ortho intramolecular Hbond substituents is 1. The smallest absolute Gasteiger partial charge is 0.412 e. The Morgan fingerprint density at radius 1 is 1.20 bits per heavy atom. The van der Waals surface area contributed by atoms with Crippen LogP contribution >= 0.6 is 15.9 Å². The van der Waals surface area contributed by atoms with Gasteiger partial charge in [-0.05, 0) is 50.1 Å². The highest BCUT2D eigenvalue weighted by atomic mass is 79.9. The largest absolute Gasteiger partial charge is 0.508 e. The molecule has 8 heteroatoms. The quantitative estimate of drug-likeness (QED) is 0.429. The van der Waals surface area contributed by atoms with Crippen molar-refractivity contribution in [1.82, 2.24) is 0 Å². The van der Waals surface area contributed by atoms with Crippen LogP contribution in [0.5, 0.6) is 5.75 Å². The first-order valence-corrected chi connectivity index (χ1v) is 10.0. The van der Waals surface area contributed by atoms with Gasteiger partial charge in [0.25, 0.3) is 0 Å². The highest BCUT2D eigenvalue weighted by Crippen LogP contribution is 2.35. The first kappa shape index (κ1) is 23.4. The summed E-state index contributed by atoms with van der Waals surface area (Å²) in [7, 11) is 1.47. The monoisotopic (exact) mass is 477 g/mol. The Morgan fingerprint density at radius 2 is 1.90 bits per heavy atom. The molecule has 0 saturated carbocycles. The van der Waals surface area contributed by atoms with Gasteiger partial charge in [0.05, 0.1) is 6.10 Å². The second-order valence-corrected chi connectivity index (χ2v) is 7.53. The number of ether oxygens (including phenoxy) is 2. The zero-order chi connectivity index (χ0) is 22.1. The van der Waals surface area contributed by atoms with Gasteiger partial charge in [0.2, 0.25) is 0 Å². The molecule has 2 aromatic rings. The average molecular weight is 478 g/mol. The summed E-state index contributed by atoms with van der Waals surface area (Å²) < 4.78 is 11.9. The van der Waals surface area contributed by atoms with Gasteiger partial charge in [-0.2, -0.15) is 0 Å². The first-order valence-electron chi connectivity index (χ1n) is 9.25. The average Bonchev–Trinajstić information content (AvgIpc) is 2.70.